The molecule has 11 heteroatoms. The van der Waals surface area contributed by atoms with Gasteiger partial charge in [-0.3, -0.25) is 0 Å². The summed E-state index contributed by atoms with van der Waals surface area (Å²) >= 11 is 0. The Balaban J connectivity index is 1.19. The minimum absolute atomic E-state index is 0.0881. The quantitative estimate of drug-likeness (QED) is 0.153. The highest BCUT2D eigenvalue weighted by atomic mass is 19.4. The SMILES string of the molecule is Cc1ccccc1-c1ccc2c(c1)c1ccccc1n2-c1cc(-c2ccc(C(F)(F)F)c(-n3c4ccccc4c4cc(-c5ccccc5C(F)(F)F)ccc43)c2)ccc1C(F)(F)F. The van der Waals surface area contributed by atoms with Crippen molar-refractivity contribution in [3.05, 3.63) is 192 Å². The first-order chi connectivity index (χ1) is 30.1. The largest absolute Gasteiger partial charge is 0.418 e. The molecule has 0 unspecified atom stereocenters. The first-order valence-corrected chi connectivity index (χ1v) is 19.8. The molecule has 0 N–H and O–H groups in total. The highest BCUT2D eigenvalue weighted by Crippen LogP contribution is 2.45. The van der Waals surface area contributed by atoms with Crippen LogP contribution in [0.1, 0.15) is 22.3 Å². The summed E-state index contributed by atoms with van der Waals surface area (Å²) in [5.74, 6) is 0. The fraction of sp³-hybridized carbons (Fsp3) is 0.0769. The van der Waals surface area contributed by atoms with Crippen molar-refractivity contribution in [2.75, 3.05) is 0 Å². The van der Waals surface area contributed by atoms with E-state index in [1.165, 1.54) is 65.2 Å². The average molecular weight is 855 g/mol. The standard InChI is InChI=1S/C52H31F9N2/c1-30-10-2-3-11-35(30)33-20-24-46-39(26-33)37-13-5-8-16-44(37)62(46)48-28-31(18-22-42(48)51(56,57)58)32-19-23-43(52(59,60)61)49(29-32)63-45-17-9-6-14-38(45)40-27-34(21-25-47(40)63)36-12-4-7-15-41(36)50(53,54)55/h2-29H,1H3. The molecule has 0 amide bonds. The molecule has 0 fully saturated rings. The van der Waals surface area contributed by atoms with E-state index >= 15 is 26.3 Å². The highest BCUT2D eigenvalue weighted by molar-refractivity contribution is 6.12. The predicted molar refractivity (Wildman–Crippen MR) is 231 cm³/mol. The maximum atomic E-state index is 15.1. The summed E-state index contributed by atoms with van der Waals surface area (Å²) in [5, 5.41) is 2.34. The van der Waals surface area contributed by atoms with Gasteiger partial charge in [0.15, 0.2) is 0 Å². The van der Waals surface area contributed by atoms with Crippen molar-refractivity contribution in [3.8, 4) is 44.8 Å². The molecule has 0 bridgehead atoms. The molecular formula is C52H31F9N2. The number of nitrogens with zero attached hydrogens (tertiary/aromatic N) is 2. The first-order valence-electron chi connectivity index (χ1n) is 19.8. The molecule has 0 saturated heterocycles. The third-order valence-corrected chi connectivity index (χ3v) is 11.8. The van der Waals surface area contributed by atoms with Gasteiger partial charge in [0.05, 0.1) is 50.1 Å². The van der Waals surface area contributed by atoms with Crippen molar-refractivity contribution in [1.82, 2.24) is 9.13 Å². The molecule has 0 atom stereocenters. The van der Waals surface area contributed by atoms with Crippen molar-refractivity contribution in [3.63, 3.8) is 0 Å². The van der Waals surface area contributed by atoms with Crippen LogP contribution in [0.5, 0.6) is 0 Å². The van der Waals surface area contributed by atoms with Crippen LogP contribution in [-0.4, -0.2) is 9.13 Å². The molecule has 8 aromatic carbocycles. The van der Waals surface area contributed by atoms with Gasteiger partial charge in [-0.25, -0.2) is 0 Å². The van der Waals surface area contributed by atoms with Crippen LogP contribution >= 0.6 is 0 Å². The van der Waals surface area contributed by atoms with Crippen molar-refractivity contribution in [2.24, 2.45) is 0 Å². The lowest BCUT2D eigenvalue weighted by atomic mass is 9.97. The summed E-state index contributed by atoms with van der Waals surface area (Å²) in [5.41, 5.74) is 1.77. The molecule has 0 spiro atoms. The third-order valence-electron chi connectivity index (χ3n) is 11.8. The number of aryl methyl sites for hydroxylation is 1. The predicted octanol–water partition coefficient (Wildman–Crippen LogP) is 16.2. The number of hydrogen-bond donors (Lipinski definition) is 0. The van der Waals surface area contributed by atoms with Gasteiger partial charge in [-0.1, -0.05) is 103 Å². The second-order valence-electron chi connectivity index (χ2n) is 15.5. The van der Waals surface area contributed by atoms with Gasteiger partial charge in [0.2, 0.25) is 0 Å². The summed E-state index contributed by atoms with van der Waals surface area (Å²) in [6, 6.07) is 43.7. The maximum Gasteiger partial charge on any atom is 0.418 e. The van der Waals surface area contributed by atoms with Gasteiger partial charge < -0.3 is 9.13 Å². The highest BCUT2D eigenvalue weighted by Gasteiger charge is 2.37. The molecule has 63 heavy (non-hydrogen) atoms. The van der Waals surface area contributed by atoms with Crippen molar-refractivity contribution in [1.29, 1.82) is 0 Å². The van der Waals surface area contributed by atoms with Crippen LogP contribution in [0.4, 0.5) is 39.5 Å². The Hall–Kier alpha value is -7.27. The number of rotatable bonds is 5. The van der Waals surface area contributed by atoms with E-state index in [1.54, 1.807) is 47.0 Å². The van der Waals surface area contributed by atoms with Crippen LogP contribution in [-0.2, 0) is 18.5 Å². The summed E-state index contributed by atoms with van der Waals surface area (Å²) < 4.78 is 136. The molecule has 0 aliphatic heterocycles. The second kappa shape index (κ2) is 14.4. The lowest BCUT2D eigenvalue weighted by Crippen LogP contribution is -2.12. The van der Waals surface area contributed by atoms with Crippen LogP contribution in [0.3, 0.4) is 0 Å². The minimum Gasteiger partial charge on any atom is -0.309 e. The number of fused-ring (bicyclic) bond motifs is 6. The van der Waals surface area contributed by atoms with Gasteiger partial charge >= 0.3 is 18.5 Å². The number of alkyl halides is 9. The van der Waals surface area contributed by atoms with Crippen LogP contribution in [0, 0.1) is 6.92 Å². The van der Waals surface area contributed by atoms with E-state index in [0.29, 0.717) is 27.3 Å². The van der Waals surface area contributed by atoms with E-state index in [-0.39, 0.29) is 39.1 Å². The zero-order chi connectivity index (χ0) is 44.0. The summed E-state index contributed by atoms with van der Waals surface area (Å²) in [6.07, 6.45) is -14.3. The molecule has 0 aliphatic rings. The van der Waals surface area contributed by atoms with Gasteiger partial charge in [0.25, 0.3) is 0 Å². The molecule has 312 valence electrons. The van der Waals surface area contributed by atoms with Crippen molar-refractivity contribution in [2.45, 2.75) is 25.5 Å². The van der Waals surface area contributed by atoms with Gasteiger partial charge in [-0.15, -0.1) is 0 Å². The molecule has 10 aromatic rings. The number of aromatic nitrogens is 2. The summed E-state index contributed by atoms with van der Waals surface area (Å²) in [4.78, 5) is 0. The Morgan fingerprint density at radius 3 is 1.17 bits per heavy atom. The van der Waals surface area contributed by atoms with Crippen molar-refractivity contribution >= 4 is 43.6 Å². The third kappa shape index (κ3) is 6.70. The van der Waals surface area contributed by atoms with Gasteiger partial charge in [0, 0.05) is 21.5 Å². The molecule has 0 aliphatic carbocycles. The molecular weight excluding hydrogens is 824 g/mol. The topological polar surface area (TPSA) is 9.86 Å². The summed E-state index contributed by atoms with van der Waals surface area (Å²) in [7, 11) is 0. The molecule has 2 nitrogen and oxygen atoms in total. The lowest BCUT2D eigenvalue weighted by Gasteiger charge is -2.20. The Labute approximate surface area is 353 Å². The fourth-order valence-corrected chi connectivity index (χ4v) is 8.95. The van der Waals surface area contributed by atoms with Crippen LogP contribution in [0.15, 0.2) is 170 Å². The van der Waals surface area contributed by atoms with E-state index < -0.39 is 35.2 Å². The Bertz CT molecular complexity index is 3440. The number of halogens is 9. The maximum absolute atomic E-state index is 15.1. The van der Waals surface area contributed by atoms with E-state index in [9.17, 15) is 13.2 Å². The zero-order valence-corrected chi connectivity index (χ0v) is 33.0. The molecule has 0 radical (unpaired) electrons. The van der Waals surface area contributed by atoms with Crippen molar-refractivity contribution < 1.29 is 39.5 Å². The molecule has 0 saturated carbocycles. The van der Waals surface area contributed by atoms with E-state index in [4.69, 9.17) is 0 Å². The van der Waals surface area contributed by atoms with Crippen LogP contribution in [0.25, 0.3) is 88.4 Å². The number of para-hydroxylation sites is 2. The smallest absolute Gasteiger partial charge is 0.309 e. The van der Waals surface area contributed by atoms with Gasteiger partial charge in [-0.05, 0) is 113 Å². The van der Waals surface area contributed by atoms with Gasteiger partial charge in [-0.2, -0.15) is 39.5 Å². The Kier molecular flexibility index (Phi) is 9.11. The molecule has 10 rings (SSSR count). The summed E-state index contributed by atoms with van der Waals surface area (Å²) in [6.45, 7) is 1.98. The van der Waals surface area contributed by atoms with Crippen LogP contribution < -0.4 is 0 Å². The van der Waals surface area contributed by atoms with E-state index in [1.807, 2.05) is 55.5 Å². The van der Waals surface area contributed by atoms with Gasteiger partial charge in [0.1, 0.15) is 0 Å². The fourth-order valence-electron chi connectivity index (χ4n) is 8.95. The monoisotopic (exact) mass is 854 g/mol. The number of hydrogen-bond acceptors (Lipinski definition) is 0. The van der Waals surface area contributed by atoms with E-state index in [2.05, 4.69) is 0 Å². The second-order valence-corrected chi connectivity index (χ2v) is 15.5. The first kappa shape index (κ1) is 39.8. The zero-order valence-electron chi connectivity index (χ0n) is 33.0. The normalized spacial score (nSPS) is 12.6. The lowest BCUT2D eigenvalue weighted by molar-refractivity contribution is -0.138. The molecule has 2 heterocycles. The Morgan fingerprint density at radius 1 is 0.317 bits per heavy atom. The number of benzene rings is 8. The molecule has 2 aromatic heterocycles. The van der Waals surface area contributed by atoms with E-state index in [0.717, 1.165) is 45.7 Å². The Morgan fingerprint density at radius 2 is 0.698 bits per heavy atom. The van der Waals surface area contributed by atoms with Crippen LogP contribution in [0.2, 0.25) is 0 Å². The minimum atomic E-state index is -4.87. The average Bonchev–Trinajstić information content (AvgIpc) is 3.77.